The minimum Gasteiger partial charge on any atom is -0.469 e. The summed E-state index contributed by atoms with van der Waals surface area (Å²) >= 11 is 11.9. The van der Waals surface area contributed by atoms with E-state index in [1.807, 2.05) is 43.3 Å². The van der Waals surface area contributed by atoms with Gasteiger partial charge in [0.25, 0.3) is 0 Å². The van der Waals surface area contributed by atoms with Gasteiger partial charge in [0.05, 0.1) is 23.1 Å². The molecule has 0 saturated carbocycles. The summed E-state index contributed by atoms with van der Waals surface area (Å²) in [5, 5.41) is 1.03. The molecule has 0 amide bonds. The Kier molecular flexibility index (Phi) is 4.69. The van der Waals surface area contributed by atoms with Gasteiger partial charge in [0, 0.05) is 0 Å². The number of ether oxygens (including phenoxy) is 1. The van der Waals surface area contributed by atoms with Crippen LogP contribution in [0.2, 0.25) is 10.0 Å². The summed E-state index contributed by atoms with van der Waals surface area (Å²) in [6.45, 7) is 1.82. The number of esters is 1. The van der Waals surface area contributed by atoms with Crippen molar-refractivity contribution in [1.29, 1.82) is 0 Å². The molecule has 0 spiro atoms. The number of hydrogen-bond acceptors (Lipinski definition) is 2. The van der Waals surface area contributed by atoms with Crippen LogP contribution in [0.4, 0.5) is 0 Å². The molecule has 0 aliphatic carbocycles. The lowest BCUT2D eigenvalue weighted by molar-refractivity contribution is -0.141. The highest BCUT2D eigenvalue weighted by molar-refractivity contribution is 6.42. The monoisotopic (exact) mass is 308 g/mol. The maximum absolute atomic E-state index is 11.6. The molecule has 0 bridgehead atoms. The van der Waals surface area contributed by atoms with Crippen LogP contribution in [0.25, 0.3) is 11.1 Å². The molecule has 0 aliphatic rings. The quantitative estimate of drug-likeness (QED) is 0.751. The highest BCUT2D eigenvalue weighted by atomic mass is 35.5. The summed E-state index contributed by atoms with van der Waals surface area (Å²) < 4.78 is 4.77. The first-order valence-corrected chi connectivity index (χ1v) is 6.91. The standard InChI is InChI=1S/C16H14Cl2O2/c1-10(16(19)20-2)11-4-3-5-12(8-11)13-6-7-14(17)15(18)9-13/h3-10H,1-2H3/t10-/m1/s1. The lowest BCUT2D eigenvalue weighted by atomic mass is 9.96. The molecule has 0 fully saturated rings. The van der Waals surface area contributed by atoms with Crippen LogP contribution in [0.15, 0.2) is 42.5 Å². The Hall–Kier alpha value is -1.51. The second-order valence-corrected chi connectivity index (χ2v) is 5.31. The fraction of sp³-hybridized carbons (Fsp3) is 0.188. The van der Waals surface area contributed by atoms with Crippen molar-refractivity contribution < 1.29 is 9.53 Å². The Labute approximate surface area is 128 Å². The average molecular weight is 309 g/mol. The Morgan fingerprint density at radius 3 is 2.40 bits per heavy atom. The van der Waals surface area contributed by atoms with Crippen LogP contribution >= 0.6 is 23.2 Å². The summed E-state index contributed by atoms with van der Waals surface area (Å²) in [6, 6.07) is 13.2. The zero-order valence-electron chi connectivity index (χ0n) is 11.2. The van der Waals surface area contributed by atoms with Crippen LogP contribution in [0.5, 0.6) is 0 Å². The third kappa shape index (κ3) is 3.14. The zero-order valence-corrected chi connectivity index (χ0v) is 12.7. The Balaban J connectivity index is 2.38. The number of methoxy groups -OCH3 is 1. The molecule has 2 nitrogen and oxygen atoms in total. The van der Waals surface area contributed by atoms with Crippen molar-refractivity contribution in [3.8, 4) is 11.1 Å². The minimum absolute atomic E-state index is 0.253. The third-order valence-electron chi connectivity index (χ3n) is 3.19. The van der Waals surface area contributed by atoms with Gasteiger partial charge in [-0.1, -0.05) is 53.5 Å². The number of halogens is 2. The van der Waals surface area contributed by atoms with Crippen LogP contribution in [0.1, 0.15) is 18.4 Å². The van der Waals surface area contributed by atoms with E-state index < -0.39 is 0 Å². The molecule has 20 heavy (non-hydrogen) atoms. The SMILES string of the molecule is COC(=O)[C@H](C)c1cccc(-c2ccc(Cl)c(Cl)c2)c1. The molecular weight excluding hydrogens is 295 g/mol. The maximum atomic E-state index is 11.6. The second-order valence-electron chi connectivity index (χ2n) is 4.50. The van der Waals surface area contributed by atoms with E-state index in [4.69, 9.17) is 27.9 Å². The van der Waals surface area contributed by atoms with Gasteiger partial charge in [-0.05, 0) is 35.7 Å². The molecule has 0 N–H and O–H groups in total. The molecule has 2 aromatic rings. The molecule has 0 saturated heterocycles. The summed E-state index contributed by atoms with van der Waals surface area (Å²) in [6.07, 6.45) is 0. The van der Waals surface area contributed by atoms with E-state index in [0.29, 0.717) is 10.0 Å². The first-order valence-electron chi connectivity index (χ1n) is 6.16. The van der Waals surface area contributed by atoms with E-state index in [1.165, 1.54) is 7.11 Å². The molecule has 2 aromatic carbocycles. The largest absolute Gasteiger partial charge is 0.469 e. The van der Waals surface area contributed by atoms with Gasteiger partial charge in [-0.15, -0.1) is 0 Å². The number of carbonyl (C=O) groups excluding carboxylic acids is 1. The van der Waals surface area contributed by atoms with Gasteiger partial charge in [0.1, 0.15) is 0 Å². The van der Waals surface area contributed by atoms with Crippen LogP contribution in [-0.2, 0) is 9.53 Å². The van der Waals surface area contributed by atoms with Crippen molar-refractivity contribution in [2.45, 2.75) is 12.8 Å². The van der Waals surface area contributed by atoms with Crippen molar-refractivity contribution in [1.82, 2.24) is 0 Å². The molecule has 104 valence electrons. The van der Waals surface area contributed by atoms with Gasteiger partial charge < -0.3 is 4.74 Å². The molecule has 0 aromatic heterocycles. The van der Waals surface area contributed by atoms with E-state index in [-0.39, 0.29) is 11.9 Å². The summed E-state index contributed by atoms with van der Waals surface area (Å²) in [7, 11) is 1.39. The van der Waals surface area contributed by atoms with Crippen molar-refractivity contribution in [3.05, 3.63) is 58.1 Å². The van der Waals surface area contributed by atoms with Crippen LogP contribution in [0, 0.1) is 0 Å². The highest BCUT2D eigenvalue weighted by Crippen LogP contribution is 2.30. The molecule has 4 heteroatoms. The Morgan fingerprint density at radius 2 is 1.75 bits per heavy atom. The average Bonchev–Trinajstić information content (AvgIpc) is 2.48. The summed E-state index contributed by atoms with van der Waals surface area (Å²) in [4.78, 5) is 11.6. The first kappa shape index (κ1) is 14.9. The number of rotatable bonds is 3. The summed E-state index contributed by atoms with van der Waals surface area (Å²) in [5.74, 6) is -0.556. The fourth-order valence-corrected chi connectivity index (χ4v) is 2.27. The maximum Gasteiger partial charge on any atom is 0.312 e. The van der Waals surface area contributed by atoms with Crippen LogP contribution in [0.3, 0.4) is 0 Å². The van der Waals surface area contributed by atoms with Gasteiger partial charge in [-0.25, -0.2) is 0 Å². The minimum atomic E-state index is -0.303. The van der Waals surface area contributed by atoms with E-state index in [2.05, 4.69) is 0 Å². The molecule has 0 radical (unpaired) electrons. The summed E-state index contributed by atoms with van der Waals surface area (Å²) in [5.41, 5.74) is 2.84. The predicted octanol–water partition coefficient (Wildman–Crippen LogP) is 4.94. The van der Waals surface area contributed by atoms with Gasteiger partial charge in [-0.2, -0.15) is 0 Å². The molecular formula is C16H14Cl2O2. The lowest BCUT2D eigenvalue weighted by Crippen LogP contribution is -2.10. The molecule has 1 atom stereocenters. The number of hydrogen-bond donors (Lipinski definition) is 0. The van der Waals surface area contributed by atoms with Crippen LogP contribution < -0.4 is 0 Å². The second kappa shape index (κ2) is 6.29. The third-order valence-corrected chi connectivity index (χ3v) is 3.93. The predicted molar refractivity (Wildman–Crippen MR) is 82.3 cm³/mol. The molecule has 0 unspecified atom stereocenters. The van der Waals surface area contributed by atoms with Gasteiger partial charge in [0.15, 0.2) is 0 Å². The van der Waals surface area contributed by atoms with Gasteiger partial charge in [0.2, 0.25) is 0 Å². The highest BCUT2D eigenvalue weighted by Gasteiger charge is 2.16. The van der Waals surface area contributed by atoms with E-state index in [1.54, 1.807) is 6.07 Å². The van der Waals surface area contributed by atoms with Crippen molar-refractivity contribution in [2.24, 2.45) is 0 Å². The Bertz CT molecular complexity index is 638. The van der Waals surface area contributed by atoms with Gasteiger partial charge >= 0.3 is 5.97 Å². The fourth-order valence-electron chi connectivity index (χ4n) is 1.98. The van der Waals surface area contributed by atoms with Crippen molar-refractivity contribution >= 4 is 29.2 Å². The molecule has 2 rings (SSSR count). The first-order chi connectivity index (χ1) is 9.52. The lowest BCUT2D eigenvalue weighted by Gasteiger charge is -2.11. The number of carbonyl (C=O) groups is 1. The smallest absolute Gasteiger partial charge is 0.312 e. The number of benzene rings is 2. The normalized spacial score (nSPS) is 12.0. The van der Waals surface area contributed by atoms with E-state index >= 15 is 0 Å². The van der Waals surface area contributed by atoms with E-state index in [9.17, 15) is 4.79 Å². The zero-order chi connectivity index (χ0) is 14.7. The van der Waals surface area contributed by atoms with Crippen LogP contribution in [-0.4, -0.2) is 13.1 Å². The molecule has 0 aliphatic heterocycles. The molecule has 0 heterocycles. The van der Waals surface area contributed by atoms with Crippen molar-refractivity contribution in [3.63, 3.8) is 0 Å². The van der Waals surface area contributed by atoms with Crippen molar-refractivity contribution in [2.75, 3.05) is 7.11 Å². The van der Waals surface area contributed by atoms with Gasteiger partial charge in [-0.3, -0.25) is 4.79 Å². The topological polar surface area (TPSA) is 26.3 Å². The Morgan fingerprint density at radius 1 is 1.05 bits per heavy atom. The van der Waals surface area contributed by atoms with E-state index in [0.717, 1.165) is 16.7 Å².